The summed E-state index contributed by atoms with van der Waals surface area (Å²) in [5, 5.41) is 10.5. The topological polar surface area (TPSA) is 51.0 Å². The van der Waals surface area contributed by atoms with Crippen molar-refractivity contribution in [1.29, 1.82) is 0 Å². The molecule has 0 bridgehead atoms. The molecule has 0 aliphatic carbocycles. The van der Waals surface area contributed by atoms with Crippen molar-refractivity contribution in [3.05, 3.63) is 65.8 Å². The molecule has 2 aromatic carbocycles. The lowest BCUT2D eigenvalue weighted by Gasteiger charge is -2.06. The minimum absolute atomic E-state index is 0.119. The van der Waals surface area contributed by atoms with Gasteiger partial charge in [-0.05, 0) is 24.3 Å². The number of nitrogens with zero attached hydrogens (tertiary/aromatic N) is 2. The molecule has 0 aliphatic heterocycles. The van der Waals surface area contributed by atoms with Crippen molar-refractivity contribution < 1.29 is 17.6 Å². The molecule has 0 spiro atoms. The van der Waals surface area contributed by atoms with Crippen LogP contribution in [0.2, 0.25) is 0 Å². The molecule has 0 saturated heterocycles. The van der Waals surface area contributed by atoms with Crippen LogP contribution < -0.4 is 5.32 Å². The second-order valence-corrected chi connectivity index (χ2v) is 4.77. The van der Waals surface area contributed by atoms with Gasteiger partial charge in [-0.15, -0.1) is 10.2 Å². The Labute approximate surface area is 130 Å². The third kappa shape index (κ3) is 3.33. The normalized spacial score (nSPS) is 10.7. The molecule has 118 valence electrons. The molecule has 0 atom stereocenters. The fourth-order valence-corrected chi connectivity index (χ4v) is 2.02. The Morgan fingerprint density at radius 1 is 0.913 bits per heavy atom. The number of nitrogens with one attached hydrogen (secondary N) is 1. The minimum atomic E-state index is -1.50. The summed E-state index contributed by atoms with van der Waals surface area (Å²) in [5.74, 6) is -3.23. The van der Waals surface area contributed by atoms with Gasteiger partial charge in [0.15, 0.2) is 17.5 Å². The Bertz CT molecular complexity index is 806. The highest BCUT2D eigenvalue weighted by Crippen LogP contribution is 2.20. The first-order valence-electron chi connectivity index (χ1n) is 6.90. The van der Waals surface area contributed by atoms with Crippen LogP contribution in [0.3, 0.4) is 0 Å². The van der Waals surface area contributed by atoms with Gasteiger partial charge in [0.2, 0.25) is 11.8 Å². The van der Waals surface area contributed by atoms with E-state index >= 15 is 0 Å². The Balaban J connectivity index is 1.62. The van der Waals surface area contributed by atoms with Crippen LogP contribution in [0.5, 0.6) is 0 Å². The predicted octanol–water partition coefficient (Wildman–Crippen LogP) is 3.81. The quantitative estimate of drug-likeness (QED) is 0.727. The largest absolute Gasteiger partial charge is 0.421 e. The standard InChI is InChI=1S/C16H12F3N3O/c17-11-6-7-12(15(19)14(11)18)20-9-8-13-21-22-16(23-13)10-4-2-1-3-5-10/h1-7,20H,8-9H2. The van der Waals surface area contributed by atoms with E-state index in [1.54, 1.807) is 0 Å². The summed E-state index contributed by atoms with van der Waals surface area (Å²) in [4.78, 5) is 0. The maximum Gasteiger partial charge on any atom is 0.247 e. The highest BCUT2D eigenvalue weighted by molar-refractivity contribution is 5.51. The number of benzene rings is 2. The van der Waals surface area contributed by atoms with E-state index in [1.807, 2.05) is 30.3 Å². The lowest BCUT2D eigenvalue weighted by Crippen LogP contribution is -2.08. The summed E-state index contributed by atoms with van der Waals surface area (Å²) in [6, 6.07) is 11.3. The summed E-state index contributed by atoms with van der Waals surface area (Å²) >= 11 is 0. The van der Waals surface area contributed by atoms with E-state index in [9.17, 15) is 13.2 Å². The second-order valence-electron chi connectivity index (χ2n) is 4.77. The molecule has 0 radical (unpaired) electrons. The highest BCUT2D eigenvalue weighted by Gasteiger charge is 2.13. The van der Waals surface area contributed by atoms with Crippen molar-refractivity contribution in [2.45, 2.75) is 6.42 Å². The molecule has 7 heteroatoms. The zero-order valence-electron chi connectivity index (χ0n) is 11.9. The molecular formula is C16H12F3N3O. The smallest absolute Gasteiger partial charge is 0.247 e. The van der Waals surface area contributed by atoms with Crippen LogP contribution >= 0.6 is 0 Å². The molecule has 0 amide bonds. The third-order valence-corrected chi connectivity index (χ3v) is 3.18. The Kier molecular flexibility index (Phi) is 4.27. The van der Waals surface area contributed by atoms with Crippen molar-refractivity contribution >= 4 is 5.69 Å². The Morgan fingerprint density at radius 3 is 2.48 bits per heavy atom. The van der Waals surface area contributed by atoms with Gasteiger partial charge in [-0.25, -0.2) is 13.2 Å². The van der Waals surface area contributed by atoms with Gasteiger partial charge in [0.25, 0.3) is 0 Å². The van der Waals surface area contributed by atoms with Crippen molar-refractivity contribution in [1.82, 2.24) is 10.2 Å². The number of hydrogen-bond acceptors (Lipinski definition) is 4. The van der Waals surface area contributed by atoms with Crippen LogP contribution in [-0.4, -0.2) is 16.7 Å². The lowest BCUT2D eigenvalue weighted by molar-refractivity contribution is 0.448. The monoisotopic (exact) mass is 319 g/mol. The fourth-order valence-electron chi connectivity index (χ4n) is 2.02. The first kappa shape index (κ1) is 15.1. The molecule has 4 nitrogen and oxygen atoms in total. The maximum atomic E-state index is 13.5. The molecule has 1 N–H and O–H groups in total. The summed E-state index contributed by atoms with van der Waals surface area (Å²) in [6.45, 7) is 0.235. The van der Waals surface area contributed by atoms with E-state index in [0.717, 1.165) is 17.7 Å². The van der Waals surface area contributed by atoms with Gasteiger partial charge < -0.3 is 9.73 Å². The van der Waals surface area contributed by atoms with Gasteiger partial charge in [0, 0.05) is 18.5 Å². The number of rotatable bonds is 5. The first-order chi connectivity index (χ1) is 11.1. The van der Waals surface area contributed by atoms with E-state index in [0.29, 0.717) is 18.2 Å². The Morgan fingerprint density at radius 2 is 1.70 bits per heavy atom. The first-order valence-corrected chi connectivity index (χ1v) is 6.90. The molecule has 1 aromatic heterocycles. The SMILES string of the molecule is Fc1ccc(NCCc2nnc(-c3ccccc3)o2)c(F)c1F. The third-order valence-electron chi connectivity index (χ3n) is 3.18. The number of aromatic nitrogens is 2. The molecule has 0 saturated carbocycles. The molecule has 0 aliphatic rings. The van der Waals surface area contributed by atoms with Gasteiger partial charge >= 0.3 is 0 Å². The van der Waals surface area contributed by atoms with E-state index in [-0.39, 0.29) is 12.2 Å². The van der Waals surface area contributed by atoms with Crippen LogP contribution in [0.4, 0.5) is 18.9 Å². The average molecular weight is 319 g/mol. The van der Waals surface area contributed by atoms with Crippen molar-refractivity contribution in [2.24, 2.45) is 0 Å². The molecule has 0 unspecified atom stereocenters. The molecule has 3 aromatic rings. The summed E-state index contributed by atoms with van der Waals surface area (Å²) in [5.41, 5.74) is 0.678. The van der Waals surface area contributed by atoms with E-state index in [4.69, 9.17) is 4.42 Å². The second kappa shape index (κ2) is 6.51. The van der Waals surface area contributed by atoms with Crippen LogP contribution in [-0.2, 0) is 6.42 Å². The van der Waals surface area contributed by atoms with Crippen LogP contribution in [0.25, 0.3) is 11.5 Å². The minimum Gasteiger partial charge on any atom is -0.421 e. The maximum absolute atomic E-state index is 13.5. The lowest BCUT2D eigenvalue weighted by atomic mass is 10.2. The van der Waals surface area contributed by atoms with Gasteiger partial charge in [-0.1, -0.05) is 18.2 Å². The predicted molar refractivity (Wildman–Crippen MR) is 78.2 cm³/mol. The van der Waals surface area contributed by atoms with Gasteiger partial charge in [0.05, 0.1) is 5.69 Å². The zero-order valence-corrected chi connectivity index (χ0v) is 11.9. The number of anilines is 1. The molecule has 1 heterocycles. The van der Waals surface area contributed by atoms with Gasteiger partial charge in [-0.3, -0.25) is 0 Å². The Hall–Kier alpha value is -2.83. The van der Waals surface area contributed by atoms with Crippen LogP contribution in [0, 0.1) is 17.5 Å². The van der Waals surface area contributed by atoms with Crippen molar-refractivity contribution in [2.75, 3.05) is 11.9 Å². The van der Waals surface area contributed by atoms with Crippen molar-refractivity contribution in [3.8, 4) is 11.5 Å². The van der Waals surface area contributed by atoms with Crippen molar-refractivity contribution in [3.63, 3.8) is 0 Å². The van der Waals surface area contributed by atoms with Gasteiger partial charge in [0.1, 0.15) is 0 Å². The fraction of sp³-hybridized carbons (Fsp3) is 0.125. The van der Waals surface area contributed by atoms with Gasteiger partial charge in [-0.2, -0.15) is 0 Å². The summed E-state index contributed by atoms with van der Waals surface area (Å²) in [6.07, 6.45) is 0.318. The molecular weight excluding hydrogens is 307 g/mol. The zero-order chi connectivity index (χ0) is 16.2. The molecule has 0 fully saturated rings. The number of halogens is 3. The van der Waals surface area contributed by atoms with E-state index in [2.05, 4.69) is 15.5 Å². The highest BCUT2D eigenvalue weighted by atomic mass is 19.2. The summed E-state index contributed by atoms with van der Waals surface area (Å²) < 4.78 is 44.9. The van der Waals surface area contributed by atoms with Crippen LogP contribution in [0.15, 0.2) is 46.9 Å². The van der Waals surface area contributed by atoms with E-state index < -0.39 is 17.5 Å². The molecule has 3 rings (SSSR count). The average Bonchev–Trinajstić information content (AvgIpc) is 3.05. The van der Waals surface area contributed by atoms with Crippen LogP contribution in [0.1, 0.15) is 5.89 Å². The number of hydrogen-bond donors (Lipinski definition) is 1. The molecule has 23 heavy (non-hydrogen) atoms. The summed E-state index contributed by atoms with van der Waals surface area (Å²) in [7, 11) is 0. The van der Waals surface area contributed by atoms with E-state index in [1.165, 1.54) is 0 Å².